The molecule has 0 aromatic rings. The molecule has 0 amide bonds. The number of rotatable bonds is 8. The van der Waals surface area contributed by atoms with Gasteiger partial charge in [-0.1, -0.05) is 0 Å². The molecule has 0 aromatic carbocycles. The molecule has 0 bridgehead atoms. The summed E-state index contributed by atoms with van der Waals surface area (Å²) in [5.74, 6) is -39.3. The zero-order valence-electron chi connectivity index (χ0n) is 12.2. The van der Waals surface area contributed by atoms with E-state index in [1.54, 1.807) is 0 Å². The molecule has 0 fully saturated rings. The molecule has 0 saturated carbocycles. The van der Waals surface area contributed by atoms with E-state index < -0.39 is 57.8 Å². The van der Waals surface area contributed by atoms with Crippen molar-refractivity contribution in [1.29, 1.82) is 0 Å². The molecule has 0 radical (unpaired) electrons. The van der Waals surface area contributed by atoms with Crippen molar-refractivity contribution < 1.29 is 104 Å². The van der Waals surface area contributed by atoms with Gasteiger partial charge in [0.1, 0.15) is 10.1 Å². The molecule has 19 heteroatoms. The van der Waals surface area contributed by atoms with Gasteiger partial charge in [-0.3, -0.25) is 0 Å². The van der Waals surface area contributed by atoms with Crippen LogP contribution in [0.4, 0.5) is 61.5 Å². The van der Waals surface area contributed by atoms with Gasteiger partial charge < -0.3 is 4.55 Å². The van der Waals surface area contributed by atoms with Crippen LogP contribution in [0, 0.1) is 0 Å². The van der Waals surface area contributed by atoms with E-state index in [-0.39, 0.29) is 29.6 Å². The zero-order chi connectivity index (χ0) is 21.7. The normalized spacial score (nSPS) is 17.5. The van der Waals surface area contributed by atoms with E-state index in [1.165, 1.54) is 0 Å². The van der Waals surface area contributed by atoms with Gasteiger partial charge in [0.2, 0.25) is 6.17 Å². The molecule has 0 aliphatic rings. The van der Waals surface area contributed by atoms with Gasteiger partial charge in [-0.05, 0) is 0 Å². The molecule has 0 heterocycles. The summed E-state index contributed by atoms with van der Waals surface area (Å²) in [6.45, 7) is 0. The first-order chi connectivity index (χ1) is 11.0. The van der Waals surface area contributed by atoms with Crippen molar-refractivity contribution in [2.24, 2.45) is 0 Å². The van der Waals surface area contributed by atoms with Crippen molar-refractivity contribution in [1.82, 2.24) is 0 Å². The molecule has 0 rings (SSSR count). The van der Waals surface area contributed by atoms with Crippen molar-refractivity contribution in [2.45, 2.75) is 47.7 Å². The van der Waals surface area contributed by atoms with E-state index in [2.05, 4.69) is 0 Å². The van der Waals surface area contributed by atoms with E-state index in [0.29, 0.717) is 0 Å². The molecule has 3 nitrogen and oxygen atoms in total. The van der Waals surface area contributed by atoms with Crippen molar-refractivity contribution in [3.8, 4) is 0 Å². The van der Waals surface area contributed by atoms with E-state index >= 15 is 0 Å². The Bertz CT molecular complexity index is 620. The molecule has 0 N–H and O–H groups in total. The minimum Gasteiger partial charge on any atom is -0.746 e. The SMILES string of the molecule is O=S(=O)([O-])C(F)C(F)(F)C(F)(F)C(F)(F)C(F)(F)C(F)(F)C(F)C(F)F.[Na+]. The average molecular weight is 468 g/mol. The van der Waals surface area contributed by atoms with Crippen LogP contribution in [0.5, 0.6) is 0 Å². The van der Waals surface area contributed by atoms with Crippen LogP contribution in [0.3, 0.4) is 0 Å². The summed E-state index contributed by atoms with van der Waals surface area (Å²) in [5.41, 5.74) is -5.84. The summed E-state index contributed by atoms with van der Waals surface area (Å²) in [5, 5.41) is 0. The van der Waals surface area contributed by atoms with Crippen LogP contribution in [-0.2, 0) is 10.1 Å². The van der Waals surface area contributed by atoms with Gasteiger partial charge in [-0.25, -0.2) is 26.0 Å². The minimum absolute atomic E-state index is 0. The number of halogens is 14. The maximum atomic E-state index is 13.0. The monoisotopic (exact) mass is 468 g/mol. The van der Waals surface area contributed by atoms with Crippen molar-refractivity contribution in [3.63, 3.8) is 0 Å². The summed E-state index contributed by atoms with van der Waals surface area (Å²) < 4.78 is 207. The second kappa shape index (κ2) is 7.98. The summed E-state index contributed by atoms with van der Waals surface area (Å²) in [4.78, 5) is 0. The third-order valence-corrected chi connectivity index (χ3v) is 3.53. The first-order valence-electron chi connectivity index (χ1n) is 5.41. The molecule has 0 saturated heterocycles. The maximum absolute atomic E-state index is 13.0. The summed E-state index contributed by atoms with van der Waals surface area (Å²) in [6.07, 6.45) is -10.8. The Labute approximate surface area is 162 Å². The van der Waals surface area contributed by atoms with Crippen LogP contribution in [0.1, 0.15) is 0 Å². The Morgan fingerprint density at radius 1 is 0.630 bits per heavy atom. The smallest absolute Gasteiger partial charge is 0.746 e. The van der Waals surface area contributed by atoms with Gasteiger partial charge in [0, 0.05) is 0 Å². The fourth-order valence-electron chi connectivity index (χ4n) is 1.27. The summed E-state index contributed by atoms with van der Waals surface area (Å²) in [7, 11) is -7.22. The topological polar surface area (TPSA) is 57.2 Å². The Kier molecular flexibility index (Phi) is 8.61. The third kappa shape index (κ3) is 4.42. The van der Waals surface area contributed by atoms with Gasteiger partial charge in [0.05, 0.1) is 0 Å². The van der Waals surface area contributed by atoms with Crippen LogP contribution in [0.2, 0.25) is 0 Å². The third-order valence-electron chi connectivity index (χ3n) is 2.73. The Balaban J connectivity index is 0. The fraction of sp³-hybridized carbons (Fsp3) is 1.00. The first-order valence-corrected chi connectivity index (χ1v) is 6.88. The van der Waals surface area contributed by atoms with Crippen LogP contribution in [0.15, 0.2) is 0 Å². The minimum atomic E-state index is -8.21. The summed E-state index contributed by atoms with van der Waals surface area (Å²) >= 11 is 0. The Hall–Kier alpha value is -0.0700. The van der Waals surface area contributed by atoms with E-state index in [0.717, 1.165) is 0 Å². The van der Waals surface area contributed by atoms with Crippen molar-refractivity contribution in [2.75, 3.05) is 0 Å². The average Bonchev–Trinajstić information content (AvgIpc) is 2.43. The van der Waals surface area contributed by atoms with Crippen molar-refractivity contribution in [3.05, 3.63) is 0 Å². The second-order valence-electron chi connectivity index (χ2n) is 4.51. The largest absolute Gasteiger partial charge is 1.00 e. The molecular weight excluding hydrogens is 465 g/mol. The predicted octanol–water partition coefficient (Wildman–Crippen LogP) is 0.611. The molecule has 0 aliphatic carbocycles. The van der Waals surface area contributed by atoms with Crippen LogP contribution in [-0.4, -0.2) is 60.7 Å². The van der Waals surface area contributed by atoms with E-state index in [4.69, 9.17) is 0 Å². The number of hydrogen-bond donors (Lipinski definition) is 0. The summed E-state index contributed by atoms with van der Waals surface area (Å²) in [6, 6.07) is 0. The standard InChI is InChI=1S/C8H4F14O3S.Na/c9-1(2(10)11)4(13,14)6(17,18)8(21,22)7(19,20)5(15,16)3(12)26(23,24)25;/h1-3H,(H,23,24,25);/q;+1/p-1. The van der Waals surface area contributed by atoms with Gasteiger partial charge >= 0.3 is 59.2 Å². The Morgan fingerprint density at radius 2 is 0.926 bits per heavy atom. The second-order valence-corrected chi connectivity index (χ2v) is 5.91. The molecule has 2 atom stereocenters. The molecule has 158 valence electrons. The molecule has 0 aromatic heterocycles. The van der Waals surface area contributed by atoms with Gasteiger partial charge in [0.15, 0.2) is 0 Å². The van der Waals surface area contributed by atoms with E-state index in [9.17, 15) is 74.4 Å². The van der Waals surface area contributed by atoms with Gasteiger partial charge in [0.25, 0.3) is 11.9 Å². The quantitative estimate of drug-likeness (QED) is 0.298. The fourth-order valence-corrected chi connectivity index (χ4v) is 1.78. The van der Waals surface area contributed by atoms with E-state index in [1.807, 2.05) is 0 Å². The Morgan fingerprint density at radius 3 is 1.19 bits per heavy atom. The predicted molar refractivity (Wildman–Crippen MR) is 50.2 cm³/mol. The molecule has 2 unspecified atom stereocenters. The molecule has 0 spiro atoms. The van der Waals surface area contributed by atoms with Crippen LogP contribution < -0.4 is 29.6 Å². The number of alkyl halides is 14. The maximum Gasteiger partial charge on any atom is 1.00 e. The van der Waals surface area contributed by atoms with Crippen LogP contribution >= 0.6 is 0 Å². The molecule has 0 aliphatic heterocycles. The molecule has 27 heavy (non-hydrogen) atoms. The molecular formula is C8H3F14NaO3S. The van der Waals surface area contributed by atoms with Gasteiger partial charge in [-0.2, -0.15) is 43.9 Å². The first kappa shape index (κ1) is 29.1. The van der Waals surface area contributed by atoms with Crippen molar-refractivity contribution >= 4 is 10.1 Å². The van der Waals surface area contributed by atoms with Gasteiger partial charge in [-0.15, -0.1) is 0 Å². The number of hydrogen-bond acceptors (Lipinski definition) is 3. The van der Waals surface area contributed by atoms with Crippen LogP contribution in [0.25, 0.3) is 0 Å². The zero-order valence-corrected chi connectivity index (χ0v) is 15.0.